The normalized spacial score (nSPS) is 10.8. The standard InChI is InChI=1S/C20H23N3OS2.ClH/c1-22(2)12-13-23(18(24)14-15-8-5-4-6-9-15)20-21-19-16(25-3)10-7-11-17(19)26-20;/h4-11H,12-14H2,1-3H3;1H. The van der Waals surface area contributed by atoms with Crippen LogP contribution in [0.25, 0.3) is 10.2 Å². The number of nitrogens with zero attached hydrogens (tertiary/aromatic N) is 3. The number of carbonyl (C=O) groups is 1. The minimum Gasteiger partial charge on any atom is -0.308 e. The molecule has 0 fully saturated rings. The van der Waals surface area contributed by atoms with Crippen LogP contribution in [0.15, 0.2) is 53.4 Å². The Labute approximate surface area is 175 Å². The lowest BCUT2D eigenvalue weighted by Gasteiger charge is -2.22. The van der Waals surface area contributed by atoms with E-state index in [9.17, 15) is 4.79 Å². The lowest BCUT2D eigenvalue weighted by atomic mass is 10.1. The van der Waals surface area contributed by atoms with Gasteiger partial charge in [0.2, 0.25) is 5.91 Å². The van der Waals surface area contributed by atoms with E-state index in [0.717, 1.165) is 32.4 Å². The maximum Gasteiger partial charge on any atom is 0.233 e. The lowest BCUT2D eigenvalue weighted by Crippen LogP contribution is -2.37. The number of halogens is 1. The highest BCUT2D eigenvalue weighted by Gasteiger charge is 2.20. The van der Waals surface area contributed by atoms with Crippen LogP contribution < -0.4 is 4.90 Å². The zero-order chi connectivity index (χ0) is 18.5. The van der Waals surface area contributed by atoms with Crippen molar-refractivity contribution >= 4 is 56.8 Å². The van der Waals surface area contributed by atoms with Crippen LogP contribution in [-0.2, 0) is 11.2 Å². The van der Waals surface area contributed by atoms with Crippen molar-refractivity contribution in [3.63, 3.8) is 0 Å². The number of carbonyl (C=O) groups excluding carboxylic acids is 1. The van der Waals surface area contributed by atoms with Crippen molar-refractivity contribution in [3.8, 4) is 0 Å². The van der Waals surface area contributed by atoms with Gasteiger partial charge in [0.15, 0.2) is 5.13 Å². The molecule has 0 saturated carbocycles. The van der Waals surface area contributed by atoms with E-state index >= 15 is 0 Å². The zero-order valence-corrected chi connectivity index (χ0v) is 18.2. The first kappa shape index (κ1) is 21.7. The molecule has 0 radical (unpaired) electrons. The summed E-state index contributed by atoms with van der Waals surface area (Å²) in [5.74, 6) is 0.0859. The molecular formula is C20H24ClN3OS2. The topological polar surface area (TPSA) is 36.4 Å². The molecule has 7 heteroatoms. The van der Waals surface area contributed by atoms with Gasteiger partial charge in [0.05, 0.1) is 16.6 Å². The smallest absolute Gasteiger partial charge is 0.233 e. The van der Waals surface area contributed by atoms with Crippen molar-refractivity contribution < 1.29 is 4.79 Å². The summed E-state index contributed by atoms with van der Waals surface area (Å²) in [4.78, 5) is 22.9. The third-order valence-electron chi connectivity index (χ3n) is 4.09. The van der Waals surface area contributed by atoms with Crippen molar-refractivity contribution in [2.24, 2.45) is 0 Å². The van der Waals surface area contributed by atoms with Crippen molar-refractivity contribution in [2.45, 2.75) is 11.3 Å². The Morgan fingerprint density at radius 2 is 1.81 bits per heavy atom. The van der Waals surface area contributed by atoms with Crippen molar-refractivity contribution in [3.05, 3.63) is 54.1 Å². The molecule has 0 aliphatic heterocycles. The molecule has 1 amide bonds. The fourth-order valence-corrected chi connectivity index (χ4v) is 4.35. The number of hydrogen-bond acceptors (Lipinski definition) is 5. The molecule has 27 heavy (non-hydrogen) atoms. The van der Waals surface area contributed by atoms with Crippen molar-refractivity contribution in [1.82, 2.24) is 9.88 Å². The Morgan fingerprint density at radius 1 is 1.07 bits per heavy atom. The molecule has 4 nitrogen and oxygen atoms in total. The summed E-state index contributed by atoms with van der Waals surface area (Å²) < 4.78 is 1.12. The van der Waals surface area contributed by atoms with Gasteiger partial charge in [-0.1, -0.05) is 47.7 Å². The Morgan fingerprint density at radius 3 is 2.48 bits per heavy atom. The summed E-state index contributed by atoms with van der Waals surface area (Å²) in [5, 5.41) is 0.782. The molecule has 1 heterocycles. The fraction of sp³-hybridized carbons (Fsp3) is 0.300. The van der Waals surface area contributed by atoms with E-state index in [1.807, 2.05) is 55.4 Å². The molecular weight excluding hydrogens is 398 g/mol. The molecule has 3 rings (SSSR count). The molecule has 3 aromatic rings. The van der Waals surface area contributed by atoms with Crippen LogP contribution >= 0.6 is 35.5 Å². The predicted octanol–water partition coefficient (Wildman–Crippen LogP) is 4.58. The van der Waals surface area contributed by atoms with Gasteiger partial charge < -0.3 is 4.90 Å². The number of likely N-dealkylation sites (N-methyl/N-ethyl adjacent to an activating group) is 1. The molecule has 1 aromatic heterocycles. The van der Waals surface area contributed by atoms with Crippen LogP contribution in [0.5, 0.6) is 0 Å². The monoisotopic (exact) mass is 421 g/mol. The summed E-state index contributed by atoms with van der Waals surface area (Å²) in [5.41, 5.74) is 2.01. The maximum atomic E-state index is 13.0. The molecule has 0 atom stereocenters. The van der Waals surface area contributed by atoms with E-state index in [4.69, 9.17) is 4.98 Å². The SMILES string of the molecule is CSc1cccc2sc(N(CCN(C)C)C(=O)Cc3ccccc3)nc12.Cl. The van der Waals surface area contributed by atoms with E-state index in [1.54, 1.807) is 23.1 Å². The van der Waals surface area contributed by atoms with Crippen LogP contribution in [0, 0.1) is 0 Å². The highest BCUT2D eigenvalue weighted by molar-refractivity contribution is 7.98. The van der Waals surface area contributed by atoms with Crippen LogP contribution in [-0.4, -0.2) is 49.2 Å². The van der Waals surface area contributed by atoms with Crippen molar-refractivity contribution in [2.75, 3.05) is 38.3 Å². The second-order valence-electron chi connectivity index (χ2n) is 6.31. The maximum absolute atomic E-state index is 13.0. The van der Waals surface area contributed by atoms with E-state index in [0.29, 0.717) is 13.0 Å². The number of benzene rings is 2. The summed E-state index contributed by atoms with van der Waals surface area (Å²) >= 11 is 3.27. The number of hydrogen-bond donors (Lipinski definition) is 0. The van der Waals surface area contributed by atoms with Gasteiger partial charge >= 0.3 is 0 Å². The predicted molar refractivity (Wildman–Crippen MR) is 120 cm³/mol. The van der Waals surface area contributed by atoms with Gasteiger partial charge in [-0.3, -0.25) is 9.69 Å². The van der Waals surface area contributed by atoms with E-state index < -0.39 is 0 Å². The van der Waals surface area contributed by atoms with E-state index in [-0.39, 0.29) is 18.3 Å². The highest BCUT2D eigenvalue weighted by Crippen LogP contribution is 2.34. The number of thiazole rings is 1. The first-order valence-corrected chi connectivity index (χ1v) is 10.5. The number of rotatable bonds is 7. The van der Waals surface area contributed by atoms with Gasteiger partial charge in [0, 0.05) is 18.0 Å². The van der Waals surface area contributed by atoms with Gasteiger partial charge in [0.25, 0.3) is 0 Å². The van der Waals surface area contributed by atoms with Gasteiger partial charge in [-0.05, 0) is 38.0 Å². The van der Waals surface area contributed by atoms with Gasteiger partial charge in [0.1, 0.15) is 0 Å². The summed E-state index contributed by atoms with van der Waals surface area (Å²) in [7, 11) is 4.04. The van der Waals surface area contributed by atoms with Crippen molar-refractivity contribution in [1.29, 1.82) is 0 Å². The second kappa shape index (κ2) is 10.1. The molecule has 0 saturated heterocycles. The largest absolute Gasteiger partial charge is 0.308 e. The molecule has 0 aliphatic rings. The number of thioether (sulfide) groups is 1. The van der Waals surface area contributed by atoms with Crippen LogP contribution in [0.1, 0.15) is 5.56 Å². The first-order chi connectivity index (χ1) is 12.6. The fourth-order valence-electron chi connectivity index (χ4n) is 2.68. The third-order valence-corrected chi connectivity index (χ3v) is 5.90. The Hall–Kier alpha value is -1.60. The lowest BCUT2D eigenvalue weighted by molar-refractivity contribution is -0.118. The number of fused-ring (bicyclic) bond motifs is 1. The third kappa shape index (κ3) is 5.45. The van der Waals surface area contributed by atoms with Gasteiger partial charge in [-0.25, -0.2) is 4.98 Å². The first-order valence-electron chi connectivity index (χ1n) is 8.51. The van der Waals surface area contributed by atoms with Gasteiger partial charge in [-0.15, -0.1) is 24.2 Å². The number of anilines is 1. The van der Waals surface area contributed by atoms with Crippen LogP contribution in [0.4, 0.5) is 5.13 Å². The van der Waals surface area contributed by atoms with Gasteiger partial charge in [-0.2, -0.15) is 0 Å². The summed E-state index contributed by atoms with van der Waals surface area (Å²) in [6, 6.07) is 16.1. The Bertz CT molecular complexity index is 883. The van der Waals surface area contributed by atoms with E-state index in [1.165, 1.54) is 0 Å². The number of para-hydroxylation sites is 1. The highest BCUT2D eigenvalue weighted by atomic mass is 35.5. The number of amides is 1. The molecule has 2 aromatic carbocycles. The van der Waals surface area contributed by atoms with E-state index in [2.05, 4.69) is 23.3 Å². The molecule has 0 N–H and O–H groups in total. The van der Waals surface area contributed by atoms with Crippen LogP contribution in [0.3, 0.4) is 0 Å². The minimum absolute atomic E-state index is 0. The molecule has 144 valence electrons. The average Bonchev–Trinajstić information content (AvgIpc) is 3.06. The molecule has 0 bridgehead atoms. The average molecular weight is 422 g/mol. The molecule has 0 unspecified atom stereocenters. The minimum atomic E-state index is 0. The summed E-state index contributed by atoms with van der Waals surface area (Å²) in [6.45, 7) is 1.43. The quantitative estimate of drug-likeness (QED) is 0.523. The Balaban J connectivity index is 0.00000261. The van der Waals surface area contributed by atoms with Crippen LogP contribution in [0.2, 0.25) is 0 Å². The molecule has 0 spiro atoms. The Kier molecular flexibility index (Phi) is 8.10. The number of aromatic nitrogens is 1. The summed E-state index contributed by atoms with van der Waals surface area (Å²) in [6.07, 6.45) is 2.44. The zero-order valence-electron chi connectivity index (χ0n) is 15.7. The molecule has 0 aliphatic carbocycles. The second-order valence-corrected chi connectivity index (χ2v) is 8.17.